The van der Waals surface area contributed by atoms with E-state index < -0.39 is 0 Å². The number of unbranched alkanes of at least 4 members (excludes halogenated alkanes) is 11. The Balaban J connectivity index is 1.34. The van der Waals surface area contributed by atoms with Crippen molar-refractivity contribution in [1.82, 2.24) is 15.1 Å². The highest BCUT2D eigenvalue weighted by Gasteiger charge is 2.28. The monoisotopic (exact) mass is 692 g/mol. The quantitative estimate of drug-likeness (QED) is 0.0759. The van der Waals surface area contributed by atoms with Gasteiger partial charge in [0.1, 0.15) is 0 Å². The van der Waals surface area contributed by atoms with Crippen molar-refractivity contribution in [2.24, 2.45) is 5.92 Å². The maximum atomic E-state index is 13.9. The van der Waals surface area contributed by atoms with E-state index in [9.17, 15) is 9.59 Å². The number of carbonyl (C=O) groups is 2. The molecule has 2 aromatic carbocycles. The fourth-order valence-corrected chi connectivity index (χ4v) is 7.16. The third-order valence-electron chi connectivity index (χ3n) is 9.75. The molecule has 49 heavy (non-hydrogen) atoms. The van der Waals surface area contributed by atoms with Crippen LogP contribution in [0.4, 0.5) is 5.69 Å². The average Bonchev–Trinajstić information content (AvgIpc) is 3.54. The number of nitrogens with one attached hydrogen (secondary N) is 2. The number of aromatic nitrogens is 2. The summed E-state index contributed by atoms with van der Waals surface area (Å²) in [4.78, 5) is 27.1. The van der Waals surface area contributed by atoms with Crippen LogP contribution < -0.4 is 20.1 Å². The number of amides is 1. The van der Waals surface area contributed by atoms with Crippen molar-refractivity contribution >= 4 is 29.0 Å². The number of benzene rings is 2. The standard InChI is InChI=1S/C40H57ClN4O4/c1-4-5-6-7-8-9-10-11-12-13-14-15-19-30(39(46)31-23-24-36(48-2)37(28-31)49-3)20-18-27-45-38-34(25-26-42-35(38)29-43-45)44-40(47)32-21-16-17-22-33(32)41/h16-17,21-24,28-30,34,42H,4-15,18-20,25-27H2,1-3H3,(H,44,47). The Morgan fingerprint density at radius 1 is 0.898 bits per heavy atom. The molecule has 1 aliphatic heterocycles. The molecule has 9 heteroatoms. The van der Waals surface area contributed by atoms with Gasteiger partial charge in [-0.1, -0.05) is 108 Å². The van der Waals surface area contributed by atoms with Gasteiger partial charge in [0, 0.05) is 24.6 Å². The molecule has 0 radical (unpaired) electrons. The Bertz CT molecular complexity index is 1460. The Morgan fingerprint density at radius 3 is 2.22 bits per heavy atom. The number of carbonyl (C=O) groups excluding carboxylic acids is 2. The van der Waals surface area contributed by atoms with Crippen molar-refractivity contribution < 1.29 is 19.1 Å². The number of methoxy groups -OCH3 is 2. The summed E-state index contributed by atoms with van der Waals surface area (Å²) in [7, 11) is 3.20. The second kappa shape index (κ2) is 20.9. The molecule has 2 atom stereocenters. The molecule has 1 aromatic heterocycles. The molecule has 0 fully saturated rings. The Morgan fingerprint density at radius 2 is 1.55 bits per heavy atom. The van der Waals surface area contributed by atoms with Gasteiger partial charge < -0.3 is 20.1 Å². The molecular formula is C40H57ClN4O4. The number of anilines is 1. The fraction of sp³-hybridized carbons (Fsp3) is 0.575. The van der Waals surface area contributed by atoms with E-state index in [2.05, 4.69) is 22.7 Å². The summed E-state index contributed by atoms with van der Waals surface area (Å²) < 4.78 is 12.9. The predicted octanol–water partition coefficient (Wildman–Crippen LogP) is 10.2. The molecule has 1 amide bonds. The van der Waals surface area contributed by atoms with E-state index >= 15 is 0 Å². The minimum atomic E-state index is -0.195. The van der Waals surface area contributed by atoms with E-state index in [4.69, 9.17) is 21.1 Å². The molecule has 8 nitrogen and oxygen atoms in total. The van der Waals surface area contributed by atoms with Crippen LogP contribution in [0.1, 0.15) is 142 Å². The summed E-state index contributed by atoms with van der Waals surface area (Å²) in [5.74, 6) is 1.04. The van der Waals surface area contributed by atoms with Gasteiger partial charge in [0.05, 0.1) is 48.4 Å². The number of hydrogen-bond donors (Lipinski definition) is 2. The largest absolute Gasteiger partial charge is 0.493 e. The Labute approximate surface area is 298 Å². The lowest BCUT2D eigenvalue weighted by Gasteiger charge is -2.26. The maximum Gasteiger partial charge on any atom is 0.253 e. The van der Waals surface area contributed by atoms with Gasteiger partial charge in [0.15, 0.2) is 17.3 Å². The number of nitrogens with zero attached hydrogens (tertiary/aromatic N) is 2. The molecule has 0 saturated heterocycles. The van der Waals surface area contributed by atoms with Crippen LogP contribution in [0.15, 0.2) is 48.7 Å². The molecule has 0 saturated carbocycles. The van der Waals surface area contributed by atoms with Crippen LogP contribution in [0.3, 0.4) is 0 Å². The Hall–Kier alpha value is -3.52. The summed E-state index contributed by atoms with van der Waals surface area (Å²) >= 11 is 6.31. The smallest absolute Gasteiger partial charge is 0.253 e. The third kappa shape index (κ3) is 11.5. The van der Waals surface area contributed by atoms with Crippen LogP contribution in [0.5, 0.6) is 11.5 Å². The molecule has 0 bridgehead atoms. The molecule has 0 spiro atoms. The molecule has 0 aliphatic carbocycles. The maximum absolute atomic E-state index is 13.9. The normalized spacial score (nSPS) is 14.5. The first kappa shape index (κ1) is 38.3. The summed E-state index contributed by atoms with van der Waals surface area (Å²) in [6.45, 7) is 3.67. The minimum Gasteiger partial charge on any atom is -0.493 e. The fourth-order valence-electron chi connectivity index (χ4n) is 6.94. The van der Waals surface area contributed by atoms with Crippen molar-refractivity contribution in [2.75, 3.05) is 26.1 Å². The van der Waals surface area contributed by atoms with Crippen molar-refractivity contribution in [3.63, 3.8) is 0 Å². The molecule has 4 rings (SSSR count). The molecule has 2 N–H and O–H groups in total. The molecule has 2 unspecified atom stereocenters. The van der Waals surface area contributed by atoms with Gasteiger partial charge in [-0.15, -0.1) is 0 Å². The molecular weight excluding hydrogens is 636 g/mol. The van der Waals surface area contributed by atoms with Gasteiger partial charge in [0.25, 0.3) is 5.91 Å². The number of halogens is 1. The number of ketones is 1. The van der Waals surface area contributed by atoms with E-state index in [0.717, 1.165) is 56.5 Å². The number of aryl methyl sites for hydroxylation is 1. The van der Waals surface area contributed by atoms with Gasteiger partial charge in [-0.05, 0) is 56.0 Å². The number of ether oxygens (including phenoxy) is 2. The van der Waals surface area contributed by atoms with Crippen molar-refractivity contribution in [1.29, 1.82) is 0 Å². The SMILES string of the molecule is CCCCCCCCCCCCCCC(CCCn1ncc2c1C(NC(=O)c1ccccc1Cl)CCN2)C(=O)c1ccc(OC)c(OC)c1. The van der Waals surface area contributed by atoms with Gasteiger partial charge in [-0.3, -0.25) is 14.3 Å². The molecule has 268 valence electrons. The summed E-state index contributed by atoms with van der Waals surface area (Å²) in [6.07, 6.45) is 20.5. The lowest BCUT2D eigenvalue weighted by molar-refractivity contribution is 0.0897. The van der Waals surface area contributed by atoms with E-state index in [1.807, 2.05) is 35.1 Å². The second-order valence-corrected chi connectivity index (χ2v) is 13.7. The van der Waals surface area contributed by atoms with Gasteiger partial charge >= 0.3 is 0 Å². The first-order valence-electron chi connectivity index (χ1n) is 18.6. The predicted molar refractivity (Wildman–Crippen MR) is 199 cm³/mol. The topological polar surface area (TPSA) is 94.5 Å². The molecule has 2 heterocycles. The average molecular weight is 693 g/mol. The number of Topliss-reactive ketones (excluding diaryl/α,β-unsaturated/α-hetero) is 1. The van der Waals surface area contributed by atoms with Crippen LogP contribution in [-0.4, -0.2) is 42.2 Å². The van der Waals surface area contributed by atoms with Gasteiger partial charge in [-0.2, -0.15) is 5.10 Å². The summed E-state index contributed by atoms with van der Waals surface area (Å²) in [6, 6.07) is 12.4. The first-order valence-corrected chi connectivity index (χ1v) is 19.0. The lowest BCUT2D eigenvalue weighted by Crippen LogP contribution is -2.34. The highest BCUT2D eigenvalue weighted by molar-refractivity contribution is 6.33. The molecule has 1 aliphatic rings. The summed E-state index contributed by atoms with van der Waals surface area (Å²) in [5, 5.41) is 11.7. The Kier molecular flexibility index (Phi) is 16.3. The third-order valence-corrected chi connectivity index (χ3v) is 10.1. The van der Waals surface area contributed by atoms with E-state index in [-0.39, 0.29) is 23.7 Å². The van der Waals surface area contributed by atoms with Crippen LogP contribution in [-0.2, 0) is 6.54 Å². The zero-order valence-corrected chi connectivity index (χ0v) is 30.7. The van der Waals surface area contributed by atoms with Gasteiger partial charge in [-0.25, -0.2) is 0 Å². The minimum absolute atomic E-state index is 0.0959. The zero-order chi connectivity index (χ0) is 34.8. The van der Waals surface area contributed by atoms with Crippen LogP contribution in [0, 0.1) is 5.92 Å². The summed E-state index contributed by atoms with van der Waals surface area (Å²) in [5.41, 5.74) is 3.02. The highest BCUT2D eigenvalue weighted by Crippen LogP contribution is 2.33. The van der Waals surface area contributed by atoms with Crippen molar-refractivity contribution in [3.8, 4) is 11.5 Å². The van der Waals surface area contributed by atoms with Crippen LogP contribution in [0.2, 0.25) is 5.02 Å². The van der Waals surface area contributed by atoms with Gasteiger partial charge in [0.2, 0.25) is 0 Å². The first-order chi connectivity index (χ1) is 24.0. The van der Waals surface area contributed by atoms with E-state index in [1.165, 1.54) is 64.2 Å². The number of hydrogen-bond acceptors (Lipinski definition) is 6. The van der Waals surface area contributed by atoms with E-state index in [1.54, 1.807) is 32.4 Å². The van der Waals surface area contributed by atoms with Crippen molar-refractivity contribution in [2.45, 2.75) is 122 Å². The lowest BCUT2D eigenvalue weighted by atomic mass is 9.88. The van der Waals surface area contributed by atoms with Crippen molar-refractivity contribution in [3.05, 3.63) is 70.5 Å². The molecule has 3 aromatic rings. The van der Waals surface area contributed by atoms with Crippen LogP contribution >= 0.6 is 11.6 Å². The van der Waals surface area contributed by atoms with Crippen LogP contribution in [0.25, 0.3) is 0 Å². The van der Waals surface area contributed by atoms with E-state index in [0.29, 0.717) is 34.2 Å². The zero-order valence-electron chi connectivity index (χ0n) is 29.9. The highest BCUT2D eigenvalue weighted by atomic mass is 35.5. The number of fused-ring (bicyclic) bond motifs is 1. The number of rotatable bonds is 23. The second-order valence-electron chi connectivity index (χ2n) is 13.3.